The van der Waals surface area contributed by atoms with Gasteiger partial charge in [0.15, 0.2) is 5.76 Å². The molecule has 0 spiro atoms. The Kier molecular flexibility index (Phi) is 4.89. The fourth-order valence-electron chi connectivity index (χ4n) is 2.66. The number of allylic oxidation sites excluding steroid dienone is 1. The monoisotopic (exact) mass is 315 g/mol. The van der Waals surface area contributed by atoms with Crippen molar-refractivity contribution in [3.05, 3.63) is 47.2 Å². The Balaban J connectivity index is 2.36. The lowest BCUT2D eigenvalue weighted by molar-refractivity contribution is -0.139. The SMILES string of the molecule is C=CCCC(NC(=O)c1oc2c(C)ccc(C)c2c1C)C(=O)O. The van der Waals surface area contributed by atoms with E-state index in [2.05, 4.69) is 11.9 Å². The zero-order valence-corrected chi connectivity index (χ0v) is 13.6. The Bertz CT molecular complexity index is 773. The van der Waals surface area contributed by atoms with E-state index in [0.717, 1.165) is 22.1 Å². The van der Waals surface area contributed by atoms with Gasteiger partial charge in [-0.1, -0.05) is 18.2 Å². The summed E-state index contributed by atoms with van der Waals surface area (Å²) in [5.41, 5.74) is 3.36. The summed E-state index contributed by atoms with van der Waals surface area (Å²) in [4.78, 5) is 23.7. The molecule has 2 aromatic rings. The van der Waals surface area contributed by atoms with Gasteiger partial charge in [0.2, 0.25) is 0 Å². The van der Waals surface area contributed by atoms with Gasteiger partial charge >= 0.3 is 5.97 Å². The number of nitrogens with one attached hydrogen (secondary N) is 1. The fourth-order valence-corrected chi connectivity index (χ4v) is 2.66. The van der Waals surface area contributed by atoms with E-state index in [-0.39, 0.29) is 5.76 Å². The van der Waals surface area contributed by atoms with Crippen molar-refractivity contribution in [2.45, 2.75) is 39.7 Å². The first-order valence-corrected chi connectivity index (χ1v) is 7.50. The van der Waals surface area contributed by atoms with Gasteiger partial charge in [-0.2, -0.15) is 0 Å². The van der Waals surface area contributed by atoms with E-state index >= 15 is 0 Å². The minimum Gasteiger partial charge on any atom is -0.480 e. The lowest BCUT2D eigenvalue weighted by Gasteiger charge is -2.12. The molecule has 0 radical (unpaired) electrons. The molecule has 1 aromatic carbocycles. The Morgan fingerprint density at radius 1 is 1.30 bits per heavy atom. The maximum Gasteiger partial charge on any atom is 0.326 e. The number of benzene rings is 1. The van der Waals surface area contributed by atoms with Crippen LogP contribution < -0.4 is 5.32 Å². The predicted molar refractivity (Wildman–Crippen MR) is 88.7 cm³/mol. The second-order valence-electron chi connectivity index (χ2n) is 5.69. The first-order valence-electron chi connectivity index (χ1n) is 7.50. The van der Waals surface area contributed by atoms with Gasteiger partial charge in [0, 0.05) is 10.9 Å². The molecule has 0 fully saturated rings. The molecule has 0 aliphatic heterocycles. The number of fused-ring (bicyclic) bond motifs is 1. The molecule has 0 aliphatic carbocycles. The maximum absolute atomic E-state index is 12.4. The van der Waals surface area contributed by atoms with E-state index in [4.69, 9.17) is 4.42 Å². The second kappa shape index (κ2) is 6.69. The molecule has 1 atom stereocenters. The summed E-state index contributed by atoms with van der Waals surface area (Å²) in [6, 6.07) is 2.95. The van der Waals surface area contributed by atoms with E-state index in [1.54, 1.807) is 6.08 Å². The normalized spacial score (nSPS) is 12.1. The summed E-state index contributed by atoms with van der Waals surface area (Å²) in [6.07, 6.45) is 2.43. The highest BCUT2D eigenvalue weighted by Gasteiger charge is 2.25. The number of rotatable bonds is 6. The van der Waals surface area contributed by atoms with Crippen LogP contribution in [0.15, 0.2) is 29.2 Å². The first kappa shape index (κ1) is 16.8. The molecule has 1 heterocycles. The van der Waals surface area contributed by atoms with Gasteiger partial charge in [-0.05, 0) is 44.7 Å². The molecule has 1 amide bonds. The third-order valence-electron chi connectivity index (χ3n) is 3.95. The number of aryl methyl sites for hydroxylation is 3. The molecule has 1 aromatic heterocycles. The summed E-state index contributed by atoms with van der Waals surface area (Å²) in [5, 5.41) is 12.7. The van der Waals surface area contributed by atoms with Gasteiger partial charge in [0.1, 0.15) is 11.6 Å². The Morgan fingerprint density at radius 3 is 2.52 bits per heavy atom. The summed E-state index contributed by atoms with van der Waals surface area (Å²) >= 11 is 0. The molecule has 2 rings (SSSR count). The van der Waals surface area contributed by atoms with Crippen molar-refractivity contribution in [1.29, 1.82) is 0 Å². The van der Waals surface area contributed by atoms with Crippen molar-refractivity contribution in [3.63, 3.8) is 0 Å². The van der Waals surface area contributed by atoms with Crippen LogP contribution in [-0.4, -0.2) is 23.0 Å². The van der Waals surface area contributed by atoms with Crippen LogP contribution in [0.5, 0.6) is 0 Å². The van der Waals surface area contributed by atoms with Crippen molar-refractivity contribution in [2.75, 3.05) is 0 Å². The summed E-state index contributed by atoms with van der Waals surface area (Å²) in [7, 11) is 0. The topological polar surface area (TPSA) is 79.5 Å². The number of carboxylic acids is 1. The van der Waals surface area contributed by atoms with Gasteiger partial charge in [-0.25, -0.2) is 4.79 Å². The van der Waals surface area contributed by atoms with Crippen molar-refractivity contribution >= 4 is 22.8 Å². The number of carbonyl (C=O) groups excluding carboxylic acids is 1. The van der Waals surface area contributed by atoms with Gasteiger partial charge in [0.25, 0.3) is 5.91 Å². The van der Waals surface area contributed by atoms with Crippen molar-refractivity contribution in [3.8, 4) is 0 Å². The molecule has 1 unspecified atom stereocenters. The summed E-state index contributed by atoms with van der Waals surface area (Å²) < 4.78 is 5.73. The molecular formula is C18H21NO4. The van der Waals surface area contributed by atoms with Crippen molar-refractivity contribution in [1.82, 2.24) is 5.32 Å². The van der Waals surface area contributed by atoms with Gasteiger partial charge in [-0.3, -0.25) is 4.79 Å². The minimum atomic E-state index is -1.07. The summed E-state index contributed by atoms with van der Waals surface area (Å²) in [5.74, 6) is -1.41. The molecule has 0 aliphatic rings. The smallest absolute Gasteiger partial charge is 0.326 e. The highest BCUT2D eigenvalue weighted by atomic mass is 16.4. The number of carbonyl (C=O) groups is 2. The highest BCUT2D eigenvalue weighted by Crippen LogP contribution is 2.30. The zero-order chi connectivity index (χ0) is 17.1. The van der Waals surface area contributed by atoms with Crippen molar-refractivity contribution in [2.24, 2.45) is 0 Å². The molecule has 122 valence electrons. The lowest BCUT2D eigenvalue weighted by Crippen LogP contribution is -2.40. The van der Waals surface area contributed by atoms with Crippen LogP contribution in [0, 0.1) is 20.8 Å². The Labute approximate surface area is 135 Å². The van der Waals surface area contributed by atoms with Crippen LogP contribution in [0.2, 0.25) is 0 Å². The van der Waals surface area contributed by atoms with Crippen LogP contribution in [0.3, 0.4) is 0 Å². The molecule has 5 nitrogen and oxygen atoms in total. The molecule has 0 saturated heterocycles. The molecular weight excluding hydrogens is 294 g/mol. The van der Waals surface area contributed by atoms with E-state index in [9.17, 15) is 14.7 Å². The number of carboxylic acid groups (broad SMARTS) is 1. The van der Waals surface area contributed by atoms with E-state index < -0.39 is 17.9 Å². The largest absolute Gasteiger partial charge is 0.480 e. The van der Waals surface area contributed by atoms with Gasteiger partial charge < -0.3 is 14.8 Å². The van der Waals surface area contributed by atoms with Crippen molar-refractivity contribution < 1.29 is 19.1 Å². The molecule has 0 saturated carbocycles. The average Bonchev–Trinajstić information content (AvgIpc) is 2.86. The molecule has 2 N–H and O–H groups in total. The Morgan fingerprint density at radius 2 is 1.96 bits per heavy atom. The average molecular weight is 315 g/mol. The van der Waals surface area contributed by atoms with E-state index in [1.807, 2.05) is 32.9 Å². The number of furan rings is 1. The number of amides is 1. The fraction of sp³-hybridized carbons (Fsp3) is 0.333. The predicted octanol–water partition coefficient (Wildman–Crippen LogP) is 3.51. The first-order chi connectivity index (χ1) is 10.9. The quantitative estimate of drug-likeness (QED) is 0.800. The summed E-state index contributed by atoms with van der Waals surface area (Å²) in [6.45, 7) is 9.25. The maximum atomic E-state index is 12.4. The van der Waals surface area contributed by atoms with Gasteiger partial charge in [0.05, 0.1) is 0 Å². The zero-order valence-electron chi connectivity index (χ0n) is 13.6. The van der Waals surface area contributed by atoms with Crippen LogP contribution >= 0.6 is 0 Å². The Hall–Kier alpha value is -2.56. The highest BCUT2D eigenvalue weighted by molar-refractivity contribution is 6.01. The van der Waals surface area contributed by atoms with Crippen LogP contribution in [0.4, 0.5) is 0 Å². The minimum absolute atomic E-state index is 0.169. The number of hydrogen-bond donors (Lipinski definition) is 2. The molecule has 5 heteroatoms. The number of aliphatic carboxylic acids is 1. The lowest BCUT2D eigenvalue weighted by atomic mass is 10.0. The third kappa shape index (κ3) is 3.28. The third-order valence-corrected chi connectivity index (χ3v) is 3.95. The van der Waals surface area contributed by atoms with E-state index in [1.165, 1.54) is 0 Å². The standard InChI is InChI=1S/C18H21NO4/c1-5-6-7-13(18(21)22)19-17(20)16-12(4)14-10(2)8-9-11(3)15(14)23-16/h5,8-9,13H,1,6-7H2,2-4H3,(H,19,20)(H,21,22). The van der Waals surface area contributed by atoms with E-state index in [0.29, 0.717) is 18.4 Å². The van der Waals surface area contributed by atoms with Gasteiger partial charge in [-0.15, -0.1) is 6.58 Å². The molecule has 23 heavy (non-hydrogen) atoms. The second-order valence-corrected chi connectivity index (χ2v) is 5.69. The molecule has 0 bridgehead atoms. The number of hydrogen-bond acceptors (Lipinski definition) is 3. The van der Waals surface area contributed by atoms with Crippen LogP contribution in [-0.2, 0) is 4.79 Å². The van der Waals surface area contributed by atoms with Crippen LogP contribution in [0.1, 0.15) is 40.1 Å². The van der Waals surface area contributed by atoms with Crippen LogP contribution in [0.25, 0.3) is 11.0 Å².